The summed E-state index contributed by atoms with van der Waals surface area (Å²) in [7, 11) is 0. The van der Waals surface area contributed by atoms with Crippen LogP contribution in [-0.2, 0) is 0 Å². The Morgan fingerprint density at radius 2 is 1.79 bits per heavy atom. The molecule has 1 aromatic rings. The molecule has 3 amide bonds. The van der Waals surface area contributed by atoms with Crippen LogP contribution in [0.15, 0.2) is 18.2 Å². The van der Waals surface area contributed by atoms with Crippen LogP contribution in [0.3, 0.4) is 0 Å². The maximum absolute atomic E-state index is 13.0. The fourth-order valence-electron chi connectivity index (χ4n) is 3.44. The average Bonchev–Trinajstić information content (AvgIpc) is 2.87. The van der Waals surface area contributed by atoms with E-state index < -0.39 is 0 Å². The molecule has 1 aromatic carbocycles. The van der Waals surface area contributed by atoms with Crippen LogP contribution in [0.4, 0.5) is 16.2 Å². The molecule has 1 aliphatic rings. The number of hydrogen-bond acceptors (Lipinski definition) is 4. The molecule has 0 saturated carbocycles. The summed E-state index contributed by atoms with van der Waals surface area (Å²) in [6.45, 7) is 14.0. The van der Waals surface area contributed by atoms with E-state index in [1.165, 1.54) is 0 Å². The lowest BCUT2D eigenvalue weighted by Crippen LogP contribution is -2.49. The molecular formula is C21H35N5O2. The summed E-state index contributed by atoms with van der Waals surface area (Å²) in [5, 5.41) is 3.03. The number of amides is 3. The monoisotopic (exact) mass is 389 g/mol. The number of anilines is 2. The number of carbonyl (C=O) groups is 2. The maximum atomic E-state index is 13.0. The molecule has 0 radical (unpaired) electrons. The minimum atomic E-state index is -0.261. The average molecular weight is 390 g/mol. The Hall–Kier alpha value is -2.44. The van der Waals surface area contributed by atoms with Crippen molar-refractivity contribution in [2.45, 2.75) is 46.6 Å². The van der Waals surface area contributed by atoms with Gasteiger partial charge in [0.05, 0.1) is 5.56 Å². The van der Waals surface area contributed by atoms with Crippen LogP contribution in [0.2, 0.25) is 0 Å². The van der Waals surface area contributed by atoms with E-state index in [2.05, 4.69) is 10.2 Å². The first-order chi connectivity index (χ1) is 13.2. The first-order valence-corrected chi connectivity index (χ1v) is 10.2. The highest BCUT2D eigenvalue weighted by molar-refractivity contribution is 6.00. The Bertz CT molecular complexity index is 695. The fraction of sp³-hybridized carbons (Fsp3) is 0.619. The van der Waals surface area contributed by atoms with Gasteiger partial charge in [0.2, 0.25) is 0 Å². The Morgan fingerprint density at radius 1 is 1.11 bits per heavy atom. The van der Waals surface area contributed by atoms with Crippen molar-refractivity contribution in [1.82, 2.24) is 15.1 Å². The third kappa shape index (κ3) is 5.53. The van der Waals surface area contributed by atoms with Gasteiger partial charge in [0.25, 0.3) is 5.91 Å². The summed E-state index contributed by atoms with van der Waals surface area (Å²) in [6, 6.07) is 5.50. The third-order valence-corrected chi connectivity index (χ3v) is 4.91. The molecule has 7 nitrogen and oxygen atoms in total. The van der Waals surface area contributed by atoms with E-state index in [4.69, 9.17) is 5.73 Å². The topological polar surface area (TPSA) is 81.9 Å². The van der Waals surface area contributed by atoms with Crippen LogP contribution in [0.5, 0.6) is 0 Å². The lowest BCUT2D eigenvalue weighted by molar-refractivity contribution is 0.0773. The minimum absolute atomic E-state index is 0.00104. The van der Waals surface area contributed by atoms with Crippen LogP contribution in [-0.4, -0.2) is 66.5 Å². The molecule has 1 heterocycles. The number of carbonyl (C=O) groups excluding carboxylic acids is 2. The molecule has 1 fully saturated rings. The van der Waals surface area contributed by atoms with Crippen LogP contribution in [0.25, 0.3) is 0 Å². The van der Waals surface area contributed by atoms with E-state index in [9.17, 15) is 9.59 Å². The highest BCUT2D eigenvalue weighted by Crippen LogP contribution is 2.26. The summed E-state index contributed by atoms with van der Waals surface area (Å²) in [4.78, 5) is 31.4. The Kier molecular flexibility index (Phi) is 7.16. The molecule has 156 valence electrons. The molecule has 0 aromatic heterocycles. The van der Waals surface area contributed by atoms with Crippen molar-refractivity contribution >= 4 is 23.3 Å². The Balaban J connectivity index is 2.20. The van der Waals surface area contributed by atoms with Crippen molar-refractivity contribution in [3.05, 3.63) is 23.8 Å². The molecule has 7 heteroatoms. The van der Waals surface area contributed by atoms with Crippen LogP contribution >= 0.6 is 0 Å². The van der Waals surface area contributed by atoms with Gasteiger partial charge in [0.1, 0.15) is 0 Å². The molecule has 0 unspecified atom stereocenters. The molecule has 1 saturated heterocycles. The SMILES string of the molecule is CCN(CC)C(=O)c1cc(N)ccc1N1CCCN(C(=O)NC(C)(C)C)CC1. The van der Waals surface area contributed by atoms with E-state index in [-0.39, 0.29) is 17.5 Å². The summed E-state index contributed by atoms with van der Waals surface area (Å²) in [5.41, 5.74) is 7.83. The molecule has 0 bridgehead atoms. The molecule has 1 aliphatic heterocycles. The number of nitrogen functional groups attached to an aromatic ring is 1. The van der Waals surface area contributed by atoms with Crippen LogP contribution in [0.1, 0.15) is 51.4 Å². The van der Waals surface area contributed by atoms with E-state index >= 15 is 0 Å². The van der Waals surface area contributed by atoms with Gasteiger partial charge in [-0.15, -0.1) is 0 Å². The van der Waals surface area contributed by atoms with E-state index in [0.717, 1.165) is 18.7 Å². The van der Waals surface area contributed by atoms with E-state index in [1.807, 2.05) is 51.7 Å². The number of benzene rings is 1. The van der Waals surface area contributed by atoms with Gasteiger partial charge in [-0.25, -0.2) is 4.79 Å². The second-order valence-electron chi connectivity index (χ2n) is 8.26. The summed E-state index contributed by atoms with van der Waals surface area (Å²) in [5.74, 6) is -0.00104. The highest BCUT2D eigenvalue weighted by Gasteiger charge is 2.25. The van der Waals surface area contributed by atoms with Gasteiger partial charge in [-0.1, -0.05) is 0 Å². The van der Waals surface area contributed by atoms with Gasteiger partial charge in [-0.05, 0) is 59.2 Å². The zero-order valence-corrected chi connectivity index (χ0v) is 17.9. The van der Waals surface area contributed by atoms with Crippen LogP contribution < -0.4 is 16.0 Å². The summed E-state index contributed by atoms with van der Waals surface area (Å²) < 4.78 is 0. The maximum Gasteiger partial charge on any atom is 0.317 e. The van der Waals surface area contributed by atoms with Crippen molar-refractivity contribution in [3.63, 3.8) is 0 Å². The largest absolute Gasteiger partial charge is 0.399 e. The molecule has 2 rings (SSSR count). The smallest absolute Gasteiger partial charge is 0.317 e. The number of urea groups is 1. The Labute approximate surface area is 168 Å². The fourth-order valence-corrected chi connectivity index (χ4v) is 3.44. The number of nitrogens with one attached hydrogen (secondary N) is 1. The molecule has 0 atom stereocenters. The van der Waals surface area contributed by atoms with Crippen molar-refractivity contribution in [2.75, 3.05) is 49.9 Å². The highest BCUT2D eigenvalue weighted by atomic mass is 16.2. The third-order valence-electron chi connectivity index (χ3n) is 4.91. The van der Waals surface area contributed by atoms with Gasteiger partial charge >= 0.3 is 6.03 Å². The lowest BCUT2D eigenvalue weighted by atomic mass is 10.1. The van der Waals surface area contributed by atoms with Crippen molar-refractivity contribution in [1.29, 1.82) is 0 Å². The molecule has 3 N–H and O–H groups in total. The van der Waals surface area contributed by atoms with E-state index in [1.54, 1.807) is 11.0 Å². The predicted molar refractivity (Wildman–Crippen MR) is 115 cm³/mol. The molecular weight excluding hydrogens is 354 g/mol. The second kappa shape index (κ2) is 9.17. The predicted octanol–water partition coefficient (Wildman–Crippen LogP) is 2.77. The van der Waals surface area contributed by atoms with Crippen LogP contribution in [0, 0.1) is 0 Å². The minimum Gasteiger partial charge on any atom is -0.399 e. The van der Waals surface area contributed by atoms with Crippen molar-refractivity contribution in [2.24, 2.45) is 0 Å². The number of nitrogens with two attached hydrogens (primary N) is 1. The van der Waals surface area contributed by atoms with Gasteiger partial charge in [-0.2, -0.15) is 0 Å². The van der Waals surface area contributed by atoms with Crippen molar-refractivity contribution in [3.8, 4) is 0 Å². The first kappa shape index (κ1) is 21.9. The molecule has 28 heavy (non-hydrogen) atoms. The zero-order chi connectivity index (χ0) is 20.9. The number of hydrogen-bond donors (Lipinski definition) is 2. The number of nitrogens with zero attached hydrogens (tertiary/aromatic N) is 3. The van der Waals surface area contributed by atoms with Gasteiger partial charge in [-0.3, -0.25) is 4.79 Å². The lowest BCUT2D eigenvalue weighted by Gasteiger charge is -2.29. The summed E-state index contributed by atoms with van der Waals surface area (Å²) >= 11 is 0. The summed E-state index contributed by atoms with van der Waals surface area (Å²) in [6.07, 6.45) is 0.848. The van der Waals surface area contributed by atoms with E-state index in [0.29, 0.717) is 44.0 Å². The van der Waals surface area contributed by atoms with Gasteiger partial charge < -0.3 is 25.8 Å². The standard InChI is InChI=1S/C21H35N5O2/c1-6-24(7-2)19(27)17-15-16(22)9-10-18(17)25-11-8-12-26(14-13-25)20(28)23-21(3,4)5/h9-10,15H,6-8,11-14,22H2,1-5H3,(H,23,28). The number of rotatable bonds is 4. The Morgan fingerprint density at radius 3 is 2.39 bits per heavy atom. The first-order valence-electron chi connectivity index (χ1n) is 10.2. The molecule has 0 aliphatic carbocycles. The van der Waals surface area contributed by atoms with Gasteiger partial charge in [0, 0.05) is 56.2 Å². The van der Waals surface area contributed by atoms with Gasteiger partial charge in [0.15, 0.2) is 0 Å². The normalized spacial score (nSPS) is 15.2. The second-order valence-corrected chi connectivity index (χ2v) is 8.26. The molecule has 0 spiro atoms. The quantitative estimate of drug-likeness (QED) is 0.776. The van der Waals surface area contributed by atoms with Crippen molar-refractivity contribution < 1.29 is 9.59 Å². The zero-order valence-electron chi connectivity index (χ0n) is 17.9.